The molecule has 2 aromatic rings. The number of nitrogens with one attached hydrogen (secondary N) is 2. The molecule has 2 aromatic heterocycles. The highest BCUT2D eigenvalue weighted by Gasteiger charge is 2.05. The molecule has 1 amide bonds. The zero-order valence-corrected chi connectivity index (χ0v) is 10.9. The third kappa shape index (κ3) is 3.77. The van der Waals surface area contributed by atoms with Gasteiger partial charge in [-0.25, -0.2) is 4.98 Å². The van der Waals surface area contributed by atoms with E-state index in [4.69, 9.17) is 4.74 Å². The highest BCUT2D eigenvalue weighted by Crippen LogP contribution is 2.04. The molecule has 0 radical (unpaired) electrons. The number of methoxy groups -OCH3 is 1. The smallest absolute Gasteiger partial charge is 0.252 e. The van der Waals surface area contributed by atoms with Crippen molar-refractivity contribution in [3.05, 3.63) is 36.3 Å². The monoisotopic (exact) mass is 262 g/mol. The maximum Gasteiger partial charge on any atom is 0.252 e. The summed E-state index contributed by atoms with van der Waals surface area (Å²) >= 11 is 0. The average molecular weight is 262 g/mol. The van der Waals surface area contributed by atoms with Crippen molar-refractivity contribution in [3.8, 4) is 0 Å². The third-order valence-electron chi connectivity index (χ3n) is 2.72. The Labute approximate surface area is 111 Å². The number of amides is 1. The highest BCUT2D eigenvalue weighted by molar-refractivity contribution is 5.94. The quantitative estimate of drug-likeness (QED) is 0.704. The fraction of sp³-hybridized carbons (Fsp3) is 0.385. The molecule has 2 heterocycles. The Morgan fingerprint density at radius 1 is 1.37 bits per heavy atom. The molecule has 102 valence electrons. The third-order valence-corrected chi connectivity index (χ3v) is 2.72. The zero-order chi connectivity index (χ0) is 13.5. The normalized spacial score (nSPS) is 10.8. The Balaban J connectivity index is 1.79. The van der Waals surface area contributed by atoms with E-state index < -0.39 is 0 Å². The van der Waals surface area contributed by atoms with E-state index in [1.54, 1.807) is 25.6 Å². The summed E-state index contributed by atoms with van der Waals surface area (Å²) in [6, 6.07) is 3.60. The fourth-order valence-electron chi connectivity index (χ4n) is 1.72. The van der Waals surface area contributed by atoms with Crippen LogP contribution in [0, 0.1) is 0 Å². The van der Waals surface area contributed by atoms with Gasteiger partial charge in [0.05, 0.1) is 12.2 Å². The molecule has 0 aliphatic heterocycles. The van der Waals surface area contributed by atoms with Gasteiger partial charge in [0.25, 0.3) is 5.91 Å². The van der Waals surface area contributed by atoms with Crippen LogP contribution < -0.4 is 10.6 Å². The standard InChI is InChI=1S/C13H18N4O2/c1-19-9-7-14-4-5-16-13(18)11-2-3-12-15-6-8-17(12)10-11/h2-3,6,8,10,14H,4-5,7,9H2,1H3,(H,16,18). The van der Waals surface area contributed by atoms with E-state index in [0.717, 1.165) is 18.7 Å². The minimum absolute atomic E-state index is 0.0795. The Hall–Kier alpha value is -1.92. The molecule has 0 fully saturated rings. The molecule has 0 saturated carbocycles. The molecule has 0 spiro atoms. The van der Waals surface area contributed by atoms with Crippen LogP contribution in [0.4, 0.5) is 0 Å². The van der Waals surface area contributed by atoms with Crippen molar-refractivity contribution in [1.82, 2.24) is 20.0 Å². The summed E-state index contributed by atoms with van der Waals surface area (Å²) in [5.74, 6) is -0.0795. The second-order valence-electron chi connectivity index (χ2n) is 4.11. The lowest BCUT2D eigenvalue weighted by Crippen LogP contribution is -2.33. The van der Waals surface area contributed by atoms with Crippen LogP contribution in [0.3, 0.4) is 0 Å². The molecule has 19 heavy (non-hydrogen) atoms. The number of rotatable bonds is 7. The summed E-state index contributed by atoms with van der Waals surface area (Å²) < 4.78 is 6.74. The van der Waals surface area contributed by atoms with Crippen molar-refractivity contribution in [2.75, 3.05) is 33.4 Å². The van der Waals surface area contributed by atoms with Gasteiger partial charge in [0, 0.05) is 45.3 Å². The molecule has 0 saturated heterocycles. The fourth-order valence-corrected chi connectivity index (χ4v) is 1.72. The minimum atomic E-state index is -0.0795. The van der Waals surface area contributed by atoms with Crippen LogP contribution in [0.15, 0.2) is 30.7 Å². The highest BCUT2D eigenvalue weighted by atomic mass is 16.5. The van der Waals surface area contributed by atoms with Crippen LogP contribution in [-0.4, -0.2) is 48.6 Å². The van der Waals surface area contributed by atoms with Crippen molar-refractivity contribution in [2.24, 2.45) is 0 Å². The van der Waals surface area contributed by atoms with Crippen LogP contribution >= 0.6 is 0 Å². The van der Waals surface area contributed by atoms with Crippen LogP contribution in [-0.2, 0) is 4.74 Å². The van der Waals surface area contributed by atoms with Crippen molar-refractivity contribution in [2.45, 2.75) is 0 Å². The second-order valence-corrected chi connectivity index (χ2v) is 4.11. The Morgan fingerprint density at radius 3 is 3.11 bits per heavy atom. The summed E-state index contributed by atoms with van der Waals surface area (Å²) in [5.41, 5.74) is 1.46. The van der Waals surface area contributed by atoms with Gasteiger partial charge in [-0.05, 0) is 12.1 Å². The number of nitrogens with zero attached hydrogens (tertiary/aromatic N) is 2. The largest absolute Gasteiger partial charge is 0.383 e. The van der Waals surface area contributed by atoms with Gasteiger partial charge in [0.2, 0.25) is 0 Å². The average Bonchev–Trinajstić information content (AvgIpc) is 2.89. The minimum Gasteiger partial charge on any atom is -0.383 e. The van der Waals surface area contributed by atoms with Gasteiger partial charge < -0.3 is 19.8 Å². The lowest BCUT2D eigenvalue weighted by atomic mass is 10.2. The van der Waals surface area contributed by atoms with E-state index >= 15 is 0 Å². The predicted octanol–water partition coefficient (Wildman–Crippen LogP) is 0.300. The molecular formula is C13H18N4O2. The lowest BCUT2D eigenvalue weighted by Gasteiger charge is -2.07. The number of pyridine rings is 1. The van der Waals surface area contributed by atoms with Crippen molar-refractivity contribution in [1.29, 1.82) is 0 Å². The van der Waals surface area contributed by atoms with Gasteiger partial charge in [-0.3, -0.25) is 4.79 Å². The predicted molar refractivity (Wildman–Crippen MR) is 72.3 cm³/mol. The first kappa shape index (κ1) is 13.5. The molecule has 2 rings (SSSR count). The van der Waals surface area contributed by atoms with E-state index in [-0.39, 0.29) is 5.91 Å². The van der Waals surface area contributed by atoms with Gasteiger partial charge in [-0.2, -0.15) is 0 Å². The first-order chi connectivity index (χ1) is 9.31. The summed E-state index contributed by atoms with van der Waals surface area (Å²) in [5, 5.41) is 6.02. The Morgan fingerprint density at radius 2 is 2.26 bits per heavy atom. The maximum absolute atomic E-state index is 11.9. The molecule has 2 N–H and O–H groups in total. The SMILES string of the molecule is COCCNCCNC(=O)c1ccc2nccn2c1. The summed E-state index contributed by atoms with van der Waals surface area (Å²) in [6.45, 7) is 2.77. The number of carbonyl (C=O) groups is 1. The molecular weight excluding hydrogens is 244 g/mol. The Bertz CT molecular complexity index is 538. The molecule has 0 atom stereocenters. The molecule has 0 aromatic carbocycles. The van der Waals surface area contributed by atoms with Crippen molar-refractivity contribution < 1.29 is 9.53 Å². The van der Waals surface area contributed by atoms with E-state index in [9.17, 15) is 4.79 Å². The van der Waals surface area contributed by atoms with Crippen molar-refractivity contribution >= 4 is 11.6 Å². The van der Waals surface area contributed by atoms with Crippen molar-refractivity contribution in [3.63, 3.8) is 0 Å². The van der Waals surface area contributed by atoms with Crippen LogP contribution in [0.2, 0.25) is 0 Å². The summed E-state index contributed by atoms with van der Waals surface area (Å²) in [4.78, 5) is 16.0. The first-order valence-corrected chi connectivity index (χ1v) is 6.22. The zero-order valence-electron chi connectivity index (χ0n) is 10.9. The van der Waals surface area contributed by atoms with Gasteiger partial charge in [-0.15, -0.1) is 0 Å². The van der Waals surface area contributed by atoms with Crippen LogP contribution in [0.5, 0.6) is 0 Å². The number of ether oxygens (including phenoxy) is 1. The second kappa shape index (κ2) is 6.86. The summed E-state index contributed by atoms with van der Waals surface area (Å²) in [6.07, 6.45) is 5.30. The summed E-state index contributed by atoms with van der Waals surface area (Å²) in [7, 11) is 1.66. The number of hydrogen-bond donors (Lipinski definition) is 2. The topological polar surface area (TPSA) is 67.7 Å². The number of fused-ring (bicyclic) bond motifs is 1. The lowest BCUT2D eigenvalue weighted by molar-refractivity contribution is 0.0953. The molecule has 0 aliphatic carbocycles. The van der Waals surface area contributed by atoms with Gasteiger partial charge in [0.1, 0.15) is 5.65 Å². The molecule has 6 nitrogen and oxygen atoms in total. The number of imidazole rings is 1. The molecule has 0 aliphatic rings. The van der Waals surface area contributed by atoms with Gasteiger partial charge >= 0.3 is 0 Å². The molecule has 0 bridgehead atoms. The van der Waals surface area contributed by atoms with E-state index in [1.165, 1.54) is 0 Å². The first-order valence-electron chi connectivity index (χ1n) is 6.22. The number of carbonyl (C=O) groups excluding carboxylic acids is 1. The molecule has 0 unspecified atom stereocenters. The Kier molecular flexibility index (Phi) is 4.88. The number of aromatic nitrogens is 2. The van der Waals surface area contributed by atoms with Crippen LogP contribution in [0.25, 0.3) is 5.65 Å². The van der Waals surface area contributed by atoms with E-state index in [1.807, 2.05) is 16.7 Å². The van der Waals surface area contributed by atoms with Gasteiger partial charge in [-0.1, -0.05) is 0 Å². The number of hydrogen-bond acceptors (Lipinski definition) is 4. The van der Waals surface area contributed by atoms with Gasteiger partial charge in [0.15, 0.2) is 0 Å². The maximum atomic E-state index is 11.9. The molecule has 6 heteroatoms. The van der Waals surface area contributed by atoms with E-state index in [0.29, 0.717) is 18.7 Å². The van der Waals surface area contributed by atoms with Crippen LogP contribution in [0.1, 0.15) is 10.4 Å². The van der Waals surface area contributed by atoms with E-state index in [2.05, 4.69) is 15.6 Å².